The van der Waals surface area contributed by atoms with Gasteiger partial charge in [0.15, 0.2) is 0 Å². The van der Waals surface area contributed by atoms with Crippen molar-refractivity contribution in [1.29, 1.82) is 0 Å². The van der Waals surface area contributed by atoms with E-state index in [-0.39, 0.29) is 0 Å². The lowest BCUT2D eigenvalue weighted by molar-refractivity contribution is 0.584. The van der Waals surface area contributed by atoms with E-state index in [1.807, 2.05) is 48.5 Å². The van der Waals surface area contributed by atoms with Crippen molar-refractivity contribution in [2.24, 2.45) is 0 Å². The molecule has 0 saturated carbocycles. The fraction of sp³-hybridized carbons (Fsp3) is 0.200. The molecule has 0 atom stereocenters. The third-order valence-corrected chi connectivity index (χ3v) is 6.33. The Kier molecular flexibility index (Phi) is 4.53. The number of hydrogen-bond acceptors (Lipinski definition) is 4. The molecule has 0 aliphatic carbocycles. The molecule has 1 aliphatic heterocycles. The van der Waals surface area contributed by atoms with E-state index < -0.39 is 10.0 Å². The maximum atomic E-state index is 13.3. The van der Waals surface area contributed by atoms with Gasteiger partial charge in [-0.25, -0.2) is 12.4 Å². The van der Waals surface area contributed by atoms with E-state index in [0.717, 1.165) is 37.4 Å². The Hall–Kier alpha value is -2.57. The van der Waals surface area contributed by atoms with E-state index in [4.69, 9.17) is 0 Å². The first-order valence-corrected chi connectivity index (χ1v) is 10.1. The molecular formula is C20H21N3O2S. The second-order valence-corrected chi connectivity index (χ2v) is 8.11. The molecule has 1 saturated heterocycles. The van der Waals surface area contributed by atoms with Crippen molar-refractivity contribution >= 4 is 15.7 Å². The minimum Gasteiger partial charge on any atom is -0.369 e. The van der Waals surface area contributed by atoms with E-state index in [9.17, 15) is 8.42 Å². The van der Waals surface area contributed by atoms with Gasteiger partial charge in [-0.2, -0.15) is 0 Å². The average Bonchev–Trinajstić information content (AvgIpc) is 3.20. The normalized spacial score (nSPS) is 15.2. The van der Waals surface area contributed by atoms with Crippen LogP contribution in [0.2, 0.25) is 0 Å². The molecule has 0 spiro atoms. The van der Waals surface area contributed by atoms with Crippen LogP contribution in [-0.2, 0) is 10.0 Å². The summed E-state index contributed by atoms with van der Waals surface area (Å²) in [5, 5.41) is 3.31. The van der Waals surface area contributed by atoms with Gasteiger partial charge < -0.3 is 10.2 Å². The fourth-order valence-corrected chi connectivity index (χ4v) is 4.69. The van der Waals surface area contributed by atoms with Gasteiger partial charge >= 0.3 is 0 Å². The highest BCUT2D eigenvalue weighted by molar-refractivity contribution is 7.90. The van der Waals surface area contributed by atoms with Gasteiger partial charge in [-0.1, -0.05) is 36.4 Å². The zero-order valence-corrected chi connectivity index (χ0v) is 15.2. The molecule has 0 amide bonds. The van der Waals surface area contributed by atoms with Crippen LogP contribution >= 0.6 is 0 Å². The van der Waals surface area contributed by atoms with Gasteiger partial charge in [0, 0.05) is 38.1 Å². The lowest BCUT2D eigenvalue weighted by atomic mass is 10.2. The van der Waals surface area contributed by atoms with Crippen molar-refractivity contribution < 1.29 is 8.42 Å². The second kappa shape index (κ2) is 6.97. The Morgan fingerprint density at radius 3 is 2.38 bits per heavy atom. The SMILES string of the molecule is O=S(=O)(c1cccc(N2CCNCC2)c1)n1cccc1-c1ccccc1. The molecule has 1 aliphatic rings. The number of anilines is 1. The topological polar surface area (TPSA) is 54.3 Å². The highest BCUT2D eigenvalue weighted by Crippen LogP contribution is 2.27. The molecule has 26 heavy (non-hydrogen) atoms. The summed E-state index contributed by atoms with van der Waals surface area (Å²) in [5.74, 6) is 0. The van der Waals surface area contributed by atoms with Crippen LogP contribution in [0.1, 0.15) is 0 Å². The van der Waals surface area contributed by atoms with Crippen LogP contribution in [0, 0.1) is 0 Å². The van der Waals surface area contributed by atoms with E-state index >= 15 is 0 Å². The predicted molar refractivity (Wildman–Crippen MR) is 104 cm³/mol. The van der Waals surface area contributed by atoms with E-state index in [1.54, 1.807) is 24.4 Å². The molecule has 3 aromatic rings. The van der Waals surface area contributed by atoms with E-state index in [2.05, 4.69) is 10.2 Å². The third kappa shape index (κ3) is 3.13. The Bertz CT molecular complexity index is 991. The fourth-order valence-electron chi connectivity index (χ4n) is 3.29. The summed E-state index contributed by atoms with van der Waals surface area (Å²) in [5.41, 5.74) is 2.48. The molecule has 2 aromatic carbocycles. The van der Waals surface area contributed by atoms with Crippen molar-refractivity contribution in [1.82, 2.24) is 9.29 Å². The molecule has 2 heterocycles. The quantitative estimate of drug-likeness (QED) is 0.770. The number of rotatable bonds is 4. The number of nitrogens with zero attached hydrogens (tertiary/aromatic N) is 2. The summed E-state index contributed by atoms with van der Waals surface area (Å²) in [6, 6.07) is 20.4. The minimum absolute atomic E-state index is 0.307. The Labute approximate surface area is 153 Å². The Balaban J connectivity index is 1.73. The number of aromatic nitrogens is 1. The molecule has 1 N–H and O–H groups in total. The van der Waals surface area contributed by atoms with Gasteiger partial charge in [0.1, 0.15) is 0 Å². The highest BCUT2D eigenvalue weighted by Gasteiger charge is 2.21. The van der Waals surface area contributed by atoms with Gasteiger partial charge in [0.05, 0.1) is 10.6 Å². The average molecular weight is 367 g/mol. The Morgan fingerprint density at radius 2 is 1.62 bits per heavy atom. The maximum Gasteiger partial charge on any atom is 0.268 e. The van der Waals surface area contributed by atoms with Crippen LogP contribution in [0.5, 0.6) is 0 Å². The zero-order chi connectivity index (χ0) is 18.0. The highest BCUT2D eigenvalue weighted by atomic mass is 32.2. The second-order valence-electron chi connectivity index (χ2n) is 6.29. The molecule has 1 fully saturated rings. The standard InChI is InChI=1S/C20H21N3O2S/c24-26(25,23-13-5-10-20(23)17-6-2-1-3-7-17)19-9-4-8-18(16-19)22-14-11-21-12-15-22/h1-10,13,16,21H,11-12,14-15H2. The number of benzene rings is 2. The van der Waals surface area contributed by atoms with Crippen molar-refractivity contribution in [3.8, 4) is 11.3 Å². The van der Waals surface area contributed by atoms with E-state index in [0.29, 0.717) is 10.6 Å². The van der Waals surface area contributed by atoms with Gasteiger partial charge in [-0.15, -0.1) is 0 Å². The van der Waals surface area contributed by atoms with E-state index in [1.165, 1.54) is 3.97 Å². The number of piperazine rings is 1. The summed E-state index contributed by atoms with van der Waals surface area (Å²) < 4.78 is 27.9. The molecule has 6 heteroatoms. The van der Waals surface area contributed by atoms with Gasteiger partial charge in [-0.05, 0) is 35.9 Å². The molecule has 0 radical (unpaired) electrons. The summed E-state index contributed by atoms with van der Waals surface area (Å²) in [4.78, 5) is 2.52. The summed E-state index contributed by atoms with van der Waals surface area (Å²) in [6.07, 6.45) is 1.61. The maximum absolute atomic E-state index is 13.3. The summed E-state index contributed by atoms with van der Waals surface area (Å²) in [6.45, 7) is 3.57. The van der Waals surface area contributed by atoms with Gasteiger partial charge in [0.2, 0.25) is 0 Å². The van der Waals surface area contributed by atoms with Crippen LogP contribution in [0.25, 0.3) is 11.3 Å². The molecule has 1 aromatic heterocycles. The van der Waals surface area contributed by atoms with Crippen LogP contribution in [0.3, 0.4) is 0 Å². The van der Waals surface area contributed by atoms with Crippen molar-refractivity contribution in [3.63, 3.8) is 0 Å². The molecule has 5 nitrogen and oxygen atoms in total. The van der Waals surface area contributed by atoms with Crippen molar-refractivity contribution in [2.45, 2.75) is 4.90 Å². The number of nitrogens with one attached hydrogen (secondary N) is 1. The third-order valence-electron chi connectivity index (χ3n) is 4.64. The molecule has 4 rings (SSSR count). The molecule has 0 unspecified atom stereocenters. The lowest BCUT2D eigenvalue weighted by Crippen LogP contribution is -2.43. The van der Waals surface area contributed by atoms with Crippen LogP contribution in [-0.4, -0.2) is 38.6 Å². The van der Waals surface area contributed by atoms with Crippen molar-refractivity contribution in [3.05, 3.63) is 72.9 Å². The summed E-state index contributed by atoms with van der Waals surface area (Å²) >= 11 is 0. The smallest absolute Gasteiger partial charge is 0.268 e. The largest absolute Gasteiger partial charge is 0.369 e. The van der Waals surface area contributed by atoms with Crippen LogP contribution < -0.4 is 10.2 Å². The van der Waals surface area contributed by atoms with Crippen LogP contribution in [0.4, 0.5) is 5.69 Å². The van der Waals surface area contributed by atoms with Crippen LogP contribution in [0.15, 0.2) is 77.8 Å². The first-order valence-electron chi connectivity index (χ1n) is 8.70. The lowest BCUT2D eigenvalue weighted by Gasteiger charge is -2.29. The molecule has 134 valence electrons. The first kappa shape index (κ1) is 16.9. The van der Waals surface area contributed by atoms with Gasteiger partial charge in [0.25, 0.3) is 10.0 Å². The molecular weight excluding hydrogens is 346 g/mol. The van der Waals surface area contributed by atoms with Gasteiger partial charge in [-0.3, -0.25) is 0 Å². The zero-order valence-electron chi connectivity index (χ0n) is 14.4. The molecule has 0 bridgehead atoms. The number of hydrogen-bond donors (Lipinski definition) is 1. The Morgan fingerprint density at radius 1 is 0.846 bits per heavy atom. The summed E-state index contributed by atoms with van der Waals surface area (Å²) in [7, 11) is -3.66. The predicted octanol–water partition coefficient (Wildman–Crippen LogP) is 2.80. The van der Waals surface area contributed by atoms with Crippen molar-refractivity contribution in [2.75, 3.05) is 31.1 Å². The monoisotopic (exact) mass is 367 g/mol. The minimum atomic E-state index is -3.66. The first-order chi connectivity index (χ1) is 12.7.